The molecule has 31 heteroatoms. The first-order chi connectivity index (χ1) is 49.3. The molecule has 0 aliphatic heterocycles. The van der Waals surface area contributed by atoms with Gasteiger partial charge in [-0.1, -0.05) is 213 Å². The number of benzene rings is 6. The molecule has 0 bridgehead atoms. The van der Waals surface area contributed by atoms with E-state index in [1.165, 1.54) is 65.3 Å². The zero-order valence-electron chi connectivity index (χ0n) is 54.0. The Bertz CT molecular complexity index is 3950. The van der Waals surface area contributed by atoms with Crippen LogP contribution in [0, 0.1) is 10.8 Å². The molecule has 12 rings (SSSR count). The van der Waals surface area contributed by atoms with Crippen molar-refractivity contribution in [2.24, 2.45) is 10.8 Å². The second-order valence-electron chi connectivity index (χ2n) is 23.7. The second kappa shape index (κ2) is 32.8. The minimum absolute atomic E-state index is 0.223. The highest BCUT2D eigenvalue weighted by atomic mass is 16.6. The minimum Gasteiger partial charge on any atom is -0.460 e. The van der Waals surface area contributed by atoms with Crippen LogP contribution >= 0.6 is 0 Å². The summed E-state index contributed by atoms with van der Waals surface area (Å²) in [6.07, 6.45) is 8.25. The van der Waals surface area contributed by atoms with Crippen molar-refractivity contribution in [3.8, 4) is 0 Å². The fourth-order valence-corrected chi connectivity index (χ4v) is 10.2. The van der Waals surface area contributed by atoms with Gasteiger partial charge < -0.3 is 33.2 Å². The number of carbonyl (C=O) groups excluding carboxylic acids is 6. The molecule has 512 valence electrons. The highest BCUT2D eigenvalue weighted by Crippen LogP contribution is 2.28. The summed E-state index contributed by atoms with van der Waals surface area (Å²) in [5.41, 5.74) is -0.0387. The van der Waals surface area contributed by atoms with E-state index in [9.17, 15) is 28.8 Å². The molecule has 0 fully saturated rings. The van der Waals surface area contributed by atoms with E-state index in [-0.39, 0.29) is 73.4 Å². The van der Waals surface area contributed by atoms with Gasteiger partial charge in [0.1, 0.15) is 39.6 Å². The smallest absolute Gasteiger partial charge is 0.360 e. The van der Waals surface area contributed by atoms with E-state index in [4.69, 9.17) is 33.2 Å². The van der Waals surface area contributed by atoms with E-state index in [1.54, 1.807) is 0 Å². The molecule has 0 aliphatic rings. The largest absolute Gasteiger partial charge is 0.460 e. The molecule has 6 heterocycles. The van der Waals surface area contributed by atoms with Gasteiger partial charge in [0.15, 0.2) is 34.2 Å². The topological polar surface area (TPSA) is 351 Å². The lowest BCUT2D eigenvalue weighted by Gasteiger charge is -2.35. The van der Waals surface area contributed by atoms with Crippen molar-refractivity contribution in [3.63, 3.8) is 0 Å². The van der Waals surface area contributed by atoms with E-state index in [0.29, 0.717) is 0 Å². The van der Waals surface area contributed by atoms with Gasteiger partial charge in [-0.15, -0.1) is 30.6 Å². The lowest BCUT2D eigenvalue weighted by atomic mass is 9.90. The van der Waals surface area contributed by atoms with E-state index < -0.39 is 99.5 Å². The molecule has 6 aromatic heterocycles. The molecular weight excluding hydrogens is 1300 g/mol. The number of carbonyl (C=O) groups is 6. The minimum atomic E-state index is -1.93. The summed E-state index contributed by atoms with van der Waals surface area (Å²) < 4.78 is 51.4. The predicted octanol–water partition coefficient (Wildman–Crippen LogP) is 5.96. The summed E-state index contributed by atoms with van der Waals surface area (Å²) in [4.78, 5) is 85.7. The van der Waals surface area contributed by atoms with E-state index in [2.05, 4.69) is 61.9 Å². The molecule has 0 N–H and O–H groups in total. The number of esters is 6. The Kier molecular flexibility index (Phi) is 22.0. The maximum absolute atomic E-state index is 14.3. The van der Waals surface area contributed by atoms with Gasteiger partial charge in [-0.3, -0.25) is 0 Å². The molecule has 101 heavy (non-hydrogen) atoms. The number of rotatable bonds is 34. The van der Waals surface area contributed by atoms with Gasteiger partial charge >= 0.3 is 35.8 Å². The molecule has 0 unspecified atom stereocenters. The number of hydrogen-bond donors (Lipinski definition) is 0. The second-order valence-corrected chi connectivity index (χ2v) is 23.7. The quantitative estimate of drug-likeness (QED) is 0.0332. The number of ether oxygens (including phenoxy) is 7. The Morgan fingerprint density at radius 1 is 0.238 bits per heavy atom. The highest BCUT2D eigenvalue weighted by molar-refractivity contribution is 5.89. The SMILES string of the molecule is O=C(OCC(COCC(COC(=O)c1cn(Cc2ccccc2)nn1)(COC(=O)c1cn(Cc2ccccc2)nn1)COC(=O)c1cn(Cc2ccccc2)nn1)(COC(=O)c1cn(Cc2ccccc2)nn1)COC(=O)c1cn(Cc2ccccc2)nn1)c1cn(Cc2ccccc2)nn1. The average Bonchev–Trinajstić information content (AvgIpc) is 1.84. The molecule has 0 saturated carbocycles. The molecule has 0 amide bonds. The molecule has 0 radical (unpaired) electrons. The Morgan fingerprint density at radius 3 is 0.554 bits per heavy atom. The Balaban J connectivity index is 0.876. The molecule has 0 spiro atoms. The molecular formula is C70H64N18O13. The van der Waals surface area contributed by atoms with Crippen molar-refractivity contribution in [2.45, 2.75) is 39.3 Å². The lowest BCUT2D eigenvalue weighted by Crippen LogP contribution is -2.47. The van der Waals surface area contributed by atoms with Crippen LogP contribution in [-0.2, 0) is 72.4 Å². The van der Waals surface area contributed by atoms with Crippen LogP contribution in [0.2, 0.25) is 0 Å². The molecule has 31 nitrogen and oxygen atoms in total. The van der Waals surface area contributed by atoms with Gasteiger partial charge in [-0.05, 0) is 33.4 Å². The van der Waals surface area contributed by atoms with Crippen molar-refractivity contribution in [1.82, 2.24) is 90.0 Å². The summed E-state index contributed by atoms with van der Waals surface area (Å²) in [5.74, 6) is -5.99. The monoisotopic (exact) mass is 1360 g/mol. The number of hydrogen-bond acceptors (Lipinski definition) is 25. The first kappa shape index (κ1) is 67.9. The van der Waals surface area contributed by atoms with Gasteiger partial charge in [-0.25, -0.2) is 56.9 Å². The van der Waals surface area contributed by atoms with E-state index in [0.717, 1.165) is 33.4 Å². The first-order valence-corrected chi connectivity index (χ1v) is 31.6. The van der Waals surface area contributed by atoms with Crippen molar-refractivity contribution in [3.05, 3.63) is 287 Å². The fourth-order valence-electron chi connectivity index (χ4n) is 10.2. The summed E-state index contributed by atoms with van der Waals surface area (Å²) in [6, 6.07) is 55.8. The van der Waals surface area contributed by atoms with Gasteiger partial charge in [0.2, 0.25) is 0 Å². The Hall–Kier alpha value is -13.1. The zero-order valence-corrected chi connectivity index (χ0v) is 54.0. The molecule has 12 aromatic rings. The number of nitrogens with zero attached hydrogens (tertiary/aromatic N) is 18. The van der Waals surface area contributed by atoms with Crippen LogP contribution in [0.25, 0.3) is 0 Å². The van der Waals surface area contributed by atoms with Crippen molar-refractivity contribution >= 4 is 35.8 Å². The van der Waals surface area contributed by atoms with Crippen LogP contribution in [0.3, 0.4) is 0 Å². The van der Waals surface area contributed by atoms with E-state index >= 15 is 0 Å². The fraction of sp³-hybridized carbons (Fsp3) is 0.229. The molecule has 6 aromatic carbocycles. The lowest BCUT2D eigenvalue weighted by molar-refractivity contribution is -0.112. The van der Waals surface area contributed by atoms with Crippen LogP contribution in [0.5, 0.6) is 0 Å². The molecule has 0 atom stereocenters. The van der Waals surface area contributed by atoms with Gasteiger partial charge in [0.25, 0.3) is 0 Å². The van der Waals surface area contributed by atoms with Gasteiger partial charge in [-0.2, -0.15) is 0 Å². The maximum Gasteiger partial charge on any atom is 0.360 e. The van der Waals surface area contributed by atoms with Gasteiger partial charge in [0, 0.05) is 0 Å². The first-order valence-electron chi connectivity index (χ1n) is 31.6. The summed E-state index contributed by atoms with van der Waals surface area (Å²) in [5, 5.41) is 49.3. The molecule has 0 saturated heterocycles. The third-order valence-corrected chi connectivity index (χ3v) is 15.5. The van der Waals surface area contributed by atoms with Crippen LogP contribution in [0.1, 0.15) is 96.3 Å². The van der Waals surface area contributed by atoms with Crippen LogP contribution < -0.4 is 0 Å². The highest BCUT2D eigenvalue weighted by Gasteiger charge is 2.42. The van der Waals surface area contributed by atoms with E-state index in [1.807, 2.05) is 182 Å². The standard InChI is InChI=1S/C70H64N18O13/c89-63(57-37-83(77-71-57)31-51-19-7-1-8-20-51)96-45-69(46-97-64(90)58-38-84(78-72-58)32-52-21-9-2-10-22-52,47-98-65(91)59-39-85(79-73-59)33-53-23-11-3-12-24-53)43-95-44-70(48-99-66(92)60-40-86(80-74-60)34-54-25-13-4-14-26-54,49-100-67(93)61-41-87(81-75-61)35-55-27-15-5-16-28-55)50-101-68(94)62-42-88(82-76-62)36-56-29-17-6-18-30-56/h1-30,37-42H,31-36,43-50H2. The average molecular weight is 1370 g/mol. The summed E-state index contributed by atoms with van der Waals surface area (Å²) in [7, 11) is 0. The normalized spacial score (nSPS) is 11.4. The number of aromatic nitrogens is 18. The third kappa shape index (κ3) is 19.2. The van der Waals surface area contributed by atoms with Crippen LogP contribution in [0.15, 0.2) is 219 Å². The zero-order chi connectivity index (χ0) is 69.6. The van der Waals surface area contributed by atoms with Crippen LogP contribution in [0.4, 0.5) is 0 Å². The third-order valence-electron chi connectivity index (χ3n) is 15.5. The van der Waals surface area contributed by atoms with Crippen molar-refractivity contribution in [1.29, 1.82) is 0 Å². The summed E-state index contributed by atoms with van der Waals surface area (Å²) >= 11 is 0. The Labute approximate surface area is 575 Å². The Morgan fingerprint density at radius 2 is 0.396 bits per heavy atom. The maximum atomic E-state index is 14.3. The van der Waals surface area contributed by atoms with Crippen molar-refractivity contribution < 1.29 is 61.9 Å². The van der Waals surface area contributed by atoms with Crippen LogP contribution in [-0.4, -0.2) is 179 Å². The molecule has 0 aliphatic carbocycles. The van der Waals surface area contributed by atoms with Crippen molar-refractivity contribution in [2.75, 3.05) is 52.9 Å². The summed E-state index contributed by atoms with van der Waals surface area (Å²) in [6.45, 7) is -4.39. The predicted molar refractivity (Wildman–Crippen MR) is 351 cm³/mol. The van der Waals surface area contributed by atoms with Gasteiger partial charge in [0.05, 0.1) is 100 Å².